The highest BCUT2D eigenvalue weighted by Crippen LogP contribution is 2.28. The lowest BCUT2D eigenvalue weighted by Crippen LogP contribution is -2.28. The van der Waals surface area contributed by atoms with Crippen LogP contribution in [0.2, 0.25) is 0 Å². The van der Waals surface area contributed by atoms with E-state index in [2.05, 4.69) is 5.32 Å². The summed E-state index contributed by atoms with van der Waals surface area (Å²) in [5.41, 5.74) is 2.49. The molecule has 1 amide bonds. The summed E-state index contributed by atoms with van der Waals surface area (Å²) in [7, 11) is 1.53. The van der Waals surface area contributed by atoms with Crippen molar-refractivity contribution in [1.82, 2.24) is 15.1 Å². The maximum atomic E-state index is 12.9. The Bertz CT molecular complexity index is 967. The molecule has 0 radical (unpaired) electrons. The predicted molar refractivity (Wildman–Crippen MR) is 125 cm³/mol. The highest BCUT2D eigenvalue weighted by Gasteiger charge is 2.29. The molecule has 33 heavy (non-hydrogen) atoms. The SMILES string of the molecule is CCn1nc(CC(C)(C)COC(=O)c2ccccc2OC)c2c1C(=O)NCCCOCCC2. The number of aromatic nitrogens is 2. The number of para-hydroxylation sites is 1. The molecule has 1 aliphatic heterocycles. The number of amides is 1. The molecule has 0 saturated heterocycles. The molecule has 2 heterocycles. The van der Waals surface area contributed by atoms with Gasteiger partial charge in [-0.05, 0) is 38.3 Å². The van der Waals surface area contributed by atoms with Crippen LogP contribution in [0, 0.1) is 5.41 Å². The molecule has 0 atom stereocenters. The van der Waals surface area contributed by atoms with Gasteiger partial charge in [0.1, 0.15) is 17.0 Å². The number of benzene rings is 1. The molecule has 180 valence electrons. The van der Waals surface area contributed by atoms with Gasteiger partial charge in [0.25, 0.3) is 5.91 Å². The molecular formula is C25H35N3O5. The van der Waals surface area contributed by atoms with Crippen LogP contribution in [0.5, 0.6) is 5.75 Å². The first kappa shape index (κ1) is 24.8. The van der Waals surface area contributed by atoms with Crippen molar-refractivity contribution >= 4 is 11.9 Å². The van der Waals surface area contributed by atoms with Gasteiger partial charge in [-0.3, -0.25) is 9.48 Å². The number of nitrogens with zero attached hydrogens (tertiary/aromatic N) is 2. The van der Waals surface area contributed by atoms with Gasteiger partial charge in [-0.15, -0.1) is 0 Å². The number of hydrogen-bond acceptors (Lipinski definition) is 6. The van der Waals surface area contributed by atoms with E-state index in [1.165, 1.54) is 7.11 Å². The molecule has 8 heteroatoms. The Morgan fingerprint density at radius 1 is 1.24 bits per heavy atom. The molecular weight excluding hydrogens is 422 g/mol. The normalized spacial score (nSPS) is 15.2. The third-order valence-corrected chi connectivity index (χ3v) is 5.68. The molecule has 0 aliphatic carbocycles. The van der Waals surface area contributed by atoms with E-state index in [-0.39, 0.29) is 17.9 Å². The Kier molecular flexibility index (Phi) is 8.49. The highest BCUT2D eigenvalue weighted by molar-refractivity contribution is 5.94. The van der Waals surface area contributed by atoms with Crippen molar-refractivity contribution in [3.8, 4) is 5.75 Å². The van der Waals surface area contributed by atoms with Crippen molar-refractivity contribution < 1.29 is 23.8 Å². The van der Waals surface area contributed by atoms with Crippen molar-refractivity contribution in [3.63, 3.8) is 0 Å². The van der Waals surface area contributed by atoms with Gasteiger partial charge >= 0.3 is 5.97 Å². The van der Waals surface area contributed by atoms with E-state index in [0.29, 0.717) is 49.7 Å². The summed E-state index contributed by atoms with van der Waals surface area (Å²) >= 11 is 0. The maximum Gasteiger partial charge on any atom is 0.341 e. The van der Waals surface area contributed by atoms with Gasteiger partial charge in [0, 0.05) is 43.7 Å². The number of fused-ring (bicyclic) bond motifs is 1. The van der Waals surface area contributed by atoms with Crippen LogP contribution in [-0.2, 0) is 28.9 Å². The number of carbonyl (C=O) groups is 2. The molecule has 1 aliphatic rings. The number of aryl methyl sites for hydroxylation is 1. The first-order valence-electron chi connectivity index (χ1n) is 11.6. The van der Waals surface area contributed by atoms with Crippen molar-refractivity contribution in [2.24, 2.45) is 5.41 Å². The van der Waals surface area contributed by atoms with Crippen LogP contribution in [0.25, 0.3) is 0 Å². The third-order valence-electron chi connectivity index (χ3n) is 5.68. The summed E-state index contributed by atoms with van der Waals surface area (Å²) < 4.78 is 18.4. The Morgan fingerprint density at radius 3 is 2.76 bits per heavy atom. The molecule has 0 spiro atoms. The smallest absolute Gasteiger partial charge is 0.341 e. The summed E-state index contributed by atoms with van der Waals surface area (Å²) in [6.07, 6.45) is 2.91. The van der Waals surface area contributed by atoms with Crippen molar-refractivity contribution in [2.45, 2.75) is 53.0 Å². The predicted octanol–water partition coefficient (Wildman–Crippen LogP) is 3.42. The molecule has 1 N–H and O–H groups in total. The monoisotopic (exact) mass is 457 g/mol. The molecule has 0 unspecified atom stereocenters. The van der Waals surface area contributed by atoms with E-state index in [1.54, 1.807) is 22.9 Å². The van der Waals surface area contributed by atoms with Gasteiger partial charge in [0.2, 0.25) is 0 Å². The number of rotatable bonds is 7. The zero-order valence-corrected chi connectivity index (χ0v) is 20.1. The first-order chi connectivity index (χ1) is 15.9. The van der Waals surface area contributed by atoms with E-state index < -0.39 is 5.97 Å². The van der Waals surface area contributed by atoms with Gasteiger partial charge in [0.05, 0.1) is 19.4 Å². The minimum absolute atomic E-state index is 0.0899. The zero-order valence-electron chi connectivity index (χ0n) is 20.1. The minimum atomic E-state index is -0.421. The van der Waals surface area contributed by atoms with E-state index in [9.17, 15) is 9.59 Å². The highest BCUT2D eigenvalue weighted by atomic mass is 16.5. The summed E-state index contributed by atoms with van der Waals surface area (Å²) in [5.74, 6) is -0.0251. The molecule has 3 rings (SSSR count). The summed E-state index contributed by atoms with van der Waals surface area (Å²) in [5, 5.41) is 7.78. The number of carbonyl (C=O) groups excluding carboxylic acids is 2. The van der Waals surface area contributed by atoms with E-state index in [1.807, 2.05) is 26.8 Å². The van der Waals surface area contributed by atoms with Crippen LogP contribution in [0.1, 0.15) is 65.7 Å². The van der Waals surface area contributed by atoms with Gasteiger partial charge in [0.15, 0.2) is 0 Å². The summed E-state index contributed by atoms with van der Waals surface area (Å²) in [4.78, 5) is 25.6. The fourth-order valence-corrected chi connectivity index (χ4v) is 4.01. The van der Waals surface area contributed by atoms with Crippen LogP contribution in [0.3, 0.4) is 0 Å². The fourth-order valence-electron chi connectivity index (χ4n) is 4.01. The molecule has 0 fully saturated rings. The standard InChI is InChI=1S/C25H35N3O5/c1-5-28-22-18(11-8-14-32-15-9-13-26-23(22)29)20(27-28)16-25(2,3)17-33-24(30)19-10-6-7-12-21(19)31-4/h6-7,10,12H,5,8-9,11,13-17H2,1-4H3,(H,26,29). The number of hydrogen-bond donors (Lipinski definition) is 1. The Morgan fingerprint density at radius 2 is 2.00 bits per heavy atom. The van der Waals surface area contributed by atoms with E-state index >= 15 is 0 Å². The lowest BCUT2D eigenvalue weighted by atomic mass is 9.86. The number of methoxy groups -OCH3 is 1. The molecule has 0 bridgehead atoms. The Hall–Kier alpha value is -2.87. The molecule has 1 aromatic heterocycles. The van der Waals surface area contributed by atoms with Crippen molar-refractivity contribution in [3.05, 3.63) is 46.8 Å². The third kappa shape index (κ3) is 6.35. The second kappa shape index (κ2) is 11.3. The second-order valence-corrected chi connectivity index (χ2v) is 9.03. The first-order valence-corrected chi connectivity index (χ1v) is 11.6. The number of nitrogens with one attached hydrogen (secondary N) is 1. The van der Waals surface area contributed by atoms with E-state index in [4.69, 9.17) is 19.3 Å². The van der Waals surface area contributed by atoms with Crippen molar-refractivity contribution in [1.29, 1.82) is 0 Å². The number of ether oxygens (including phenoxy) is 3. The quantitative estimate of drug-likeness (QED) is 0.641. The van der Waals surface area contributed by atoms with Crippen LogP contribution in [0.4, 0.5) is 0 Å². The van der Waals surface area contributed by atoms with Crippen LogP contribution < -0.4 is 10.1 Å². The summed E-state index contributed by atoms with van der Waals surface area (Å²) in [6.45, 7) is 8.76. The minimum Gasteiger partial charge on any atom is -0.496 e. The van der Waals surface area contributed by atoms with Gasteiger partial charge in [-0.1, -0.05) is 26.0 Å². The van der Waals surface area contributed by atoms with Crippen LogP contribution in [0.15, 0.2) is 24.3 Å². The van der Waals surface area contributed by atoms with Crippen molar-refractivity contribution in [2.75, 3.05) is 33.5 Å². The maximum absolute atomic E-state index is 12.9. The Labute approximate surface area is 195 Å². The Balaban J connectivity index is 1.78. The molecule has 8 nitrogen and oxygen atoms in total. The molecule has 0 saturated carbocycles. The zero-order chi connectivity index (χ0) is 23.8. The average molecular weight is 458 g/mol. The van der Waals surface area contributed by atoms with Crippen LogP contribution in [-0.4, -0.2) is 55.1 Å². The second-order valence-electron chi connectivity index (χ2n) is 9.03. The van der Waals surface area contributed by atoms with Gasteiger partial charge in [-0.25, -0.2) is 4.79 Å². The topological polar surface area (TPSA) is 91.7 Å². The molecule has 2 aromatic rings. The fraction of sp³-hybridized carbons (Fsp3) is 0.560. The summed E-state index contributed by atoms with van der Waals surface area (Å²) in [6, 6.07) is 7.01. The lowest BCUT2D eigenvalue weighted by molar-refractivity contribution is 0.0336. The van der Waals surface area contributed by atoms with Gasteiger partial charge in [-0.2, -0.15) is 5.10 Å². The average Bonchev–Trinajstić information content (AvgIpc) is 3.13. The largest absolute Gasteiger partial charge is 0.496 e. The molecule has 1 aromatic carbocycles. The van der Waals surface area contributed by atoms with Gasteiger partial charge < -0.3 is 19.5 Å². The lowest BCUT2D eigenvalue weighted by Gasteiger charge is -2.24. The number of esters is 1. The van der Waals surface area contributed by atoms with E-state index in [0.717, 1.165) is 30.5 Å². The van der Waals surface area contributed by atoms with Crippen LogP contribution >= 0.6 is 0 Å².